The average molecular weight is 437 g/mol. The molecule has 0 radical (unpaired) electrons. The topological polar surface area (TPSA) is 89.2 Å². The molecule has 148 valence electrons. The lowest BCUT2D eigenvalue weighted by Crippen LogP contribution is -2.35. The van der Waals surface area contributed by atoms with Gasteiger partial charge in [0.05, 0.1) is 15.6 Å². The second-order valence-corrected chi connectivity index (χ2v) is 10.4. The fourth-order valence-corrected chi connectivity index (χ4v) is 5.98. The van der Waals surface area contributed by atoms with Gasteiger partial charge in [-0.15, -0.1) is 21.5 Å². The third-order valence-electron chi connectivity index (χ3n) is 4.45. The summed E-state index contributed by atoms with van der Waals surface area (Å²) in [6, 6.07) is 6.71. The molecular weight excluding hydrogens is 416 g/mol. The van der Waals surface area contributed by atoms with E-state index in [0.29, 0.717) is 35.5 Å². The molecule has 4 rings (SSSR count). The Morgan fingerprint density at radius 2 is 2.04 bits per heavy atom. The smallest absolute Gasteiger partial charge is 0.277 e. The molecule has 10 heteroatoms. The molecule has 0 aliphatic carbocycles. The highest BCUT2D eigenvalue weighted by molar-refractivity contribution is 7.98. The number of benzene rings is 1. The lowest BCUT2D eigenvalue weighted by Gasteiger charge is -2.25. The Balaban J connectivity index is 1.50. The number of rotatable bonds is 6. The first kappa shape index (κ1) is 19.6. The fraction of sp³-hybridized carbons (Fsp3) is 0.389. The molecule has 3 aromatic rings. The predicted octanol–water partition coefficient (Wildman–Crippen LogP) is 3.97. The predicted molar refractivity (Wildman–Crippen MR) is 109 cm³/mol. The van der Waals surface area contributed by atoms with Crippen molar-refractivity contribution < 1.29 is 12.8 Å². The molecule has 0 unspecified atom stereocenters. The van der Waals surface area contributed by atoms with Crippen molar-refractivity contribution in [1.29, 1.82) is 0 Å². The first-order valence-corrected chi connectivity index (χ1v) is 12.3. The van der Waals surface area contributed by atoms with Crippen molar-refractivity contribution in [2.75, 3.05) is 13.1 Å². The van der Waals surface area contributed by atoms with Crippen LogP contribution in [0.2, 0.25) is 0 Å². The largest absolute Gasteiger partial charge is 0.411 e. The van der Waals surface area contributed by atoms with Crippen LogP contribution in [0.4, 0.5) is 0 Å². The Morgan fingerprint density at radius 1 is 1.21 bits per heavy atom. The van der Waals surface area contributed by atoms with Gasteiger partial charge in [0.15, 0.2) is 0 Å². The van der Waals surface area contributed by atoms with Crippen molar-refractivity contribution >= 4 is 33.1 Å². The normalized spacial score (nSPS) is 15.8. The molecule has 3 heterocycles. The molecular formula is C18H20N4O3S3. The van der Waals surface area contributed by atoms with Gasteiger partial charge in [-0.1, -0.05) is 24.2 Å². The van der Waals surface area contributed by atoms with Crippen LogP contribution in [-0.4, -0.2) is 41.0 Å². The van der Waals surface area contributed by atoms with Crippen LogP contribution in [0.5, 0.6) is 0 Å². The monoisotopic (exact) mass is 436 g/mol. The van der Waals surface area contributed by atoms with E-state index in [-0.39, 0.29) is 4.90 Å². The zero-order valence-electron chi connectivity index (χ0n) is 15.4. The first-order valence-electron chi connectivity index (χ1n) is 9.00. The number of hydrogen-bond acceptors (Lipinski definition) is 8. The second kappa shape index (κ2) is 8.32. The maximum atomic E-state index is 12.9. The Kier molecular flexibility index (Phi) is 5.81. The molecule has 1 aromatic carbocycles. The molecule has 0 atom stereocenters. The van der Waals surface area contributed by atoms with E-state index in [0.717, 1.165) is 30.0 Å². The van der Waals surface area contributed by atoms with Crippen LogP contribution in [0.25, 0.3) is 11.5 Å². The minimum Gasteiger partial charge on any atom is -0.411 e. The Bertz CT molecular complexity index is 1060. The second-order valence-electron chi connectivity index (χ2n) is 6.51. The number of hydrogen-bond donors (Lipinski definition) is 0. The van der Waals surface area contributed by atoms with Crippen LogP contribution >= 0.6 is 23.1 Å². The zero-order chi connectivity index (χ0) is 19.6. The SMILES string of the molecule is Cc1nc(CSc2nnc(-c3cccc(S(=O)(=O)N4CCCCC4)c3)o2)cs1. The number of piperidine rings is 1. The van der Waals surface area contributed by atoms with Crippen LogP contribution in [0, 0.1) is 6.92 Å². The van der Waals surface area contributed by atoms with Crippen molar-refractivity contribution in [1.82, 2.24) is 19.5 Å². The zero-order valence-corrected chi connectivity index (χ0v) is 17.8. The molecule has 1 aliphatic heterocycles. The summed E-state index contributed by atoms with van der Waals surface area (Å²) in [7, 11) is -3.50. The van der Waals surface area contributed by atoms with E-state index in [2.05, 4.69) is 15.2 Å². The number of aromatic nitrogens is 3. The van der Waals surface area contributed by atoms with Crippen LogP contribution < -0.4 is 0 Å². The van der Waals surface area contributed by atoms with E-state index in [9.17, 15) is 8.42 Å². The van der Waals surface area contributed by atoms with Gasteiger partial charge in [-0.05, 0) is 38.0 Å². The van der Waals surface area contributed by atoms with Gasteiger partial charge in [-0.2, -0.15) is 4.31 Å². The standard InChI is InChI=1S/C18H20N4O3S3/c1-13-19-15(11-26-13)12-27-18-21-20-17(25-18)14-6-5-7-16(10-14)28(23,24)22-8-3-2-4-9-22/h5-7,10-11H,2-4,8-9,12H2,1H3. The fourth-order valence-electron chi connectivity index (χ4n) is 3.04. The van der Waals surface area contributed by atoms with Crippen LogP contribution in [0.3, 0.4) is 0 Å². The summed E-state index contributed by atoms with van der Waals surface area (Å²) >= 11 is 3.02. The summed E-state index contributed by atoms with van der Waals surface area (Å²) in [6.07, 6.45) is 2.89. The van der Waals surface area contributed by atoms with Crippen molar-refractivity contribution in [3.8, 4) is 11.5 Å². The summed E-state index contributed by atoms with van der Waals surface area (Å²) < 4.78 is 33.0. The van der Waals surface area contributed by atoms with Crippen LogP contribution in [0.1, 0.15) is 30.0 Å². The molecule has 1 saturated heterocycles. The highest BCUT2D eigenvalue weighted by Gasteiger charge is 2.26. The minimum absolute atomic E-state index is 0.261. The number of thioether (sulfide) groups is 1. The molecule has 2 aromatic heterocycles. The third-order valence-corrected chi connectivity index (χ3v) is 8.02. The molecule has 28 heavy (non-hydrogen) atoms. The average Bonchev–Trinajstić information content (AvgIpc) is 3.36. The number of thiazole rings is 1. The Morgan fingerprint density at radius 3 is 2.79 bits per heavy atom. The van der Waals surface area contributed by atoms with Gasteiger partial charge < -0.3 is 4.42 Å². The van der Waals surface area contributed by atoms with E-state index in [1.54, 1.807) is 39.9 Å². The molecule has 7 nitrogen and oxygen atoms in total. The number of aryl methyl sites for hydroxylation is 1. The molecule has 1 aliphatic rings. The third kappa shape index (κ3) is 4.29. The van der Waals surface area contributed by atoms with E-state index in [1.807, 2.05) is 12.3 Å². The van der Waals surface area contributed by atoms with Crippen LogP contribution in [-0.2, 0) is 15.8 Å². The molecule has 0 spiro atoms. The van der Waals surface area contributed by atoms with Gasteiger partial charge in [0.2, 0.25) is 15.9 Å². The number of nitrogens with zero attached hydrogens (tertiary/aromatic N) is 4. The van der Waals surface area contributed by atoms with E-state index < -0.39 is 10.0 Å². The molecule has 0 saturated carbocycles. The summed E-state index contributed by atoms with van der Waals surface area (Å²) in [5.74, 6) is 0.961. The summed E-state index contributed by atoms with van der Waals surface area (Å²) in [5.41, 5.74) is 1.57. The van der Waals surface area contributed by atoms with Gasteiger partial charge >= 0.3 is 0 Å². The Hall–Kier alpha value is -1.75. The van der Waals surface area contributed by atoms with Crippen molar-refractivity contribution in [3.63, 3.8) is 0 Å². The van der Waals surface area contributed by atoms with Crippen LogP contribution in [0.15, 0.2) is 44.2 Å². The maximum Gasteiger partial charge on any atom is 0.277 e. The Labute approximate surface area is 172 Å². The highest BCUT2D eigenvalue weighted by Crippen LogP contribution is 2.28. The van der Waals surface area contributed by atoms with Crippen molar-refractivity contribution in [2.45, 2.75) is 42.1 Å². The highest BCUT2D eigenvalue weighted by atomic mass is 32.2. The number of sulfonamides is 1. The minimum atomic E-state index is -3.50. The lowest BCUT2D eigenvalue weighted by molar-refractivity contribution is 0.346. The maximum absolute atomic E-state index is 12.9. The summed E-state index contributed by atoms with van der Waals surface area (Å²) in [6.45, 7) is 3.11. The molecule has 0 amide bonds. The molecule has 0 N–H and O–H groups in total. The van der Waals surface area contributed by atoms with E-state index >= 15 is 0 Å². The molecule has 1 fully saturated rings. The quantitative estimate of drug-likeness (QED) is 0.540. The van der Waals surface area contributed by atoms with Crippen molar-refractivity contribution in [2.24, 2.45) is 0 Å². The lowest BCUT2D eigenvalue weighted by atomic mass is 10.2. The van der Waals surface area contributed by atoms with E-state index in [1.165, 1.54) is 11.8 Å². The van der Waals surface area contributed by atoms with Gasteiger partial charge in [-0.25, -0.2) is 13.4 Å². The van der Waals surface area contributed by atoms with Gasteiger partial charge in [-0.3, -0.25) is 0 Å². The molecule has 0 bridgehead atoms. The van der Waals surface area contributed by atoms with Gasteiger partial charge in [0, 0.05) is 29.8 Å². The summed E-state index contributed by atoms with van der Waals surface area (Å²) in [4.78, 5) is 4.67. The van der Waals surface area contributed by atoms with Crippen molar-refractivity contribution in [3.05, 3.63) is 40.3 Å². The van der Waals surface area contributed by atoms with E-state index in [4.69, 9.17) is 4.42 Å². The first-order chi connectivity index (χ1) is 13.5. The summed E-state index contributed by atoms with van der Waals surface area (Å²) in [5, 5.41) is 11.6. The van der Waals surface area contributed by atoms with Gasteiger partial charge in [0.25, 0.3) is 5.22 Å². The van der Waals surface area contributed by atoms with Gasteiger partial charge in [0.1, 0.15) is 0 Å².